The van der Waals surface area contributed by atoms with Crippen LogP contribution in [0.3, 0.4) is 0 Å². The van der Waals surface area contributed by atoms with Gasteiger partial charge in [0.15, 0.2) is 0 Å². The molecule has 2 aromatic rings. The maximum atomic E-state index is 13.2. The van der Waals surface area contributed by atoms with Crippen LogP contribution >= 0.6 is 0 Å². The maximum absolute atomic E-state index is 13.2. The second-order valence-corrected chi connectivity index (χ2v) is 7.32. The van der Waals surface area contributed by atoms with Gasteiger partial charge in [0.2, 0.25) is 0 Å². The minimum Gasteiger partial charge on any atom is -0.480 e. The number of hydrogen-bond acceptors (Lipinski definition) is 5. The number of hydrogen-bond donors (Lipinski definition) is 4. The fourth-order valence-electron chi connectivity index (χ4n) is 3.28. The van der Waals surface area contributed by atoms with Gasteiger partial charge in [-0.25, -0.2) is 0 Å². The van der Waals surface area contributed by atoms with Gasteiger partial charge in [-0.2, -0.15) is 13.2 Å². The normalized spacial score (nSPS) is 16.1. The third-order valence-electron chi connectivity index (χ3n) is 4.82. The average molecular weight is 410 g/mol. The second kappa shape index (κ2) is 7.34. The molecular weight excluding hydrogens is 389 g/mol. The Morgan fingerprint density at radius 2 is 2.00 bits per heavy atom. The Bertz CT molecular complexity index is 1010. The van der Waals surface area contributed by atoms with E-state index in [0.717, 1.165) is 16.7 Å². The fraction of sp³-hybridized carbons (Fsp3) is 0.368. The molecule has 1 atom stereocenters. The summed E-state index contributed by atoms with van der Waals surface area (Å²) in [6.07, 6.45) is -4.64. The summed E-state index contributed by atoms with van der Waals surface area (Å²) in [6, 6.07) is 4.33. The number of nitrogens with zero attached hydrogens (tertiary/aromatic N) is 1. The predicted molar refractivity (Wildman–Crippen MR) is 104 cm³/mol. The van der Waals surface area contributed by atoms with Crippen molar-refractivity contribution in [2.75, 3.05) is 22.9 Å². The number of pyridine rings is 1. The highest BCUT2D eigenvalue weighted by atomic mass is 19.4. The van der Waals surface area contributed by atoms with Crippen LogP contribution in [0.2, 0.25) is 0 Å². The molecule has 0 saturated carbocycles. The van der Waals surface area contributed by atoms with Crippen LogP contribution in [-0.4, -0.2) is 28.2 Å². The van der Waals surface area contributed by atoms with Crippen LogP contribution in [0.15, 0.2) is 29.1 Å². The summed E-state index contributed by atoms with van der Waals surface area (Å²) in [4.78, 5) is 24.4. The van der Waals surface area contributed by atoms with E-state index in [-0.39, 0.29) is 34.6 Å². The lowest BCUT2D eigenvalue weighted by atomic mass is 10.00. The Labute approximate surface area is 164 Å². The van der Waals surface area contributed by atoms with Crippen molar-refractivity contribution in [1.82, 2.24) is 4.57 Å². The van der Waals surface area contributed by atoms with Crippen LogP contribution in [0, 0.1) is 5.92 Å². The van der Waals surface area contributed by atoms with Gasteiger partial charge in [-0.15, -0.1) is 0 Å². The Morgan fingerprint density at radius 1 is 1.31 bits per heavy atom. The zero-order chi connectivity index (χ0) is 21.5. The zero-order valence-corrected chi connectivity index (χ0v) is 15.8. The molecule has 0 saturated heterocycles. The highest BCUT2D eigenvalue weighted by Crippen LogP contribution is 2.36. The standard InChI is InChI=1S/C19H21F3N4O3/c1-9(2)14-7-24-13-6-15(26(8-16(27)28)18(29)17(13)25-14)10-3-11(19(20,21)22)5-12(23)4-10/h3-6,9,14,24-25H,7-8,23H2,1-2H3,(H,27,28). The van der Waals surface area contributed by atoms with Crippen molar-refractivity contribution in [3.05, 3.63) is 40.2 Å². The number of nitrogens with one attached hydrogen (secondary N) is 2. The van der Waals surface area contributed by atoms with Gasteiger partial charge in [0.1, 0.15) is 12.2 Å². The first-order valence-corrected chi connectivity index (χ1v) is 8.95. The summed E-state index contributed by atoms with van der Waals surface area (Å²) in [5.41, 5.74) is 4.52. The Kier molecular flexibility index (Phi) is 5.20. The quantitative estimate of drug-likeness (QED) is 0.577. The SMILES string of the molecule is CC(C)C1CNc2cc(-c3cc(N)cc(C(F)(F)F)c3)n(CC(=O)O)c(=O)c2N1. The molecule has 1 aliphatic heterocycles. The number of rotatable bonds is 4. The minimum absolute atomic E-state index is 0.00579. The summed E-state index contributed by atoms with van der Waals surface area (Å²) in [5.74, 6) is -1.09. The molecule has 1 aromatic carbocycles. The van der Waals surface area contributed by atoms with Crippen LogP contribution in [0.4, 0.5) is 30.2 Å². The second-order valence-electron chi connectivity index (χ2n) is 7.32. The first-order chi connectivity index (χ1) is 13.5. The summed E-state index contributed by atoms with van der Waals surface area (Å²) < 4.78 is 40.6. The molecule has 10 heteroatoms. The summed E-state index contributed by atoms with van der Waals surface area (Å²) in [5, 5.41) is 15.5. The third kappa shape index (κ3) is 4.15. The molecule has 5 N–H and O–H groups in total. The summed E-state index contributed by atoms with van der Waals surface area (Å²) in [7, 11) is 0. The van der Waals surface area contributed by atoms with Crippen LogP contribution in [0.25, 0.3) is 11.3 Å². The monoisotopic (exact) mass is 410 g/mol. The molecule has 1 aromatic heterocycles. The highest BCUT2D eigenvalue weighted by Gasteiger charge is 2.32. The van der Waals surface area contributed by atoms with E-state index in [4.69, 9.17) is 5.73 Å². The summed E-state index contributed by atoms with van der Waals surface area (Å²) in [6.45, 7) is 3.75. The third-order valence-corrected chi connectivity index (χ3v) is 4.82. The Balaban J connectivity index is 2.22. The average Bonchev–Trinajstić information content (AvgIpc) is 2.62. The van der Waals surface area contributed by atoms with Gasteiger partial charge in [0.05, 0.1) is 16.9 Å². The molecule has 0 bridgehead atoms. The van der Waals surface area contributed by atoms with Crippen molar-refractivity contribution in [3.8, 4) is 11.3 Å². The van der Waals surface area contributed by atoms with Gasteiger partial charge in [0, 0.05) is 23.8 Å². The molecule has 0 fully saturated rings. The molecule has 0 spiro atoms. The number of nitrogen functional groups attached to an aromatic ring is 1. The first kappa shape index (κ1) is 20.6. The van der Waals surface area contributed by atoms with E-state index in [1.807, 2.05) is 13.8 Å². The van der Waals surface area contributed by atoms with E-state index in [0.29, 0.717) is 12.2 Å². The maximum Gasteiger partial charge on any atom is 0.416 e. The van der Waals surface area contributed by atoms with Gasteiger partial charge in [-0.3, -0.25) is 14.2 Å². The van der Waals surface area contributed by atoms with Crippen LogP contribution < -0.4 is 21.9 Å². The summed E-state index contributed by atoms with van der Waals surface area (Å²) >= 11 is 0. The van der Waals surface area contributed by atoms with E-state index in [9.17, 15) is 27.9 Å². The minimum atomic E-state index is -4.64. The van der Waals surface area contributed by atoms with Gasteiger partial charge in [-0.05, 0) is 30.2 Å². The van der Waals surface area contributed by atoms with E-state index in [2.05, 4.69) is 10.6 Å². The molecule has 3 rings (SSSR count). The van der Waals surface area contributed by atoms with Gasteiger partial charge in [-0.1, -0.05) is 13.8 Å². The Morgan fingerprint density at radius 3 is 2.59 bits per heavy atom. The van der Waals surface area contributed by atoms with Crippen LogP contribution in [0.1, 0.15) is 19.4 Å². The van der Waals surface area contributed by atoms with Crippen molar-refractivity contribution in [2.24, 2.45) is 5.92 Å². The molecule has 7 nitrogen and oxygen atoms in total. The molecule has 0 amide bonds. The number of aliphatic carboxylic acids is 1. The largest absolute Gasteiger partial charge is 0.480 e. The topological polar surface area (TPSA) is 109 Å². The van der Waals surface area contributed by atoms with Crippen molar-refractivity contribution < 1.29 is 23.1 Å². The number of fused-ring (bicyclic) bond motifs is 1. The lowest BCUT2D eigenvalue weighted by Crippen LogP contribution is -2.41. The number of carbonyl (C=O) groups is 1. The number of aromatic nitrogens is 1. The van der Waals surface area contributed by atoms with Crippen molar-refractivity contribution in [2.45, 2.75) is 32.6 Å². The lowest BCUT2D eigenvalue weighted by Gasteiger charge is -2.31. The lowest BCUT2D eigenvalue weighted by molar-refractivity contribution is -0.138. The number of alkyl halides is 3. The van der Waals surface area contributed by atoms with Gasteiger partial charge >= 0.3 is 12.1 Å². The van der Waals surface area contributed by atoms with E-state index < -0.39 is 29.8 Å². The smallest absolute Gasteiger partial charge is 0.416 e. The number of nitrogens with two attached hydrogens (primary N) is 1. The number of carboxylic acid groups (broad SMARTS) is 1. The predicted octanol–water partition coefficient (Wildman–Crippen LogP) is 3.06. The van der Waals surface area contributed by atoms with Crippen molar-refractivity contribution in [3.63, 3.8) is 0 Å². The van der Waals surface area contributed by atoms with Crippen LogP contribution in [-0.2, 0) is 17.5 Å². The zero-order valence-electron chi connectivity index (χ0n) is 15.8. The molecular formula is C19H21F3N4O3. The van der Waals surface area contributed by atoms with Crippen LogP contribution in [0.5, 0.6) is 0 Å². The van der Waals surface area contributed by atoms with E-state index >= 15 is 0 Å². The van der Waals surface area contributed by atoms with Gasteiger partial charge < -0.3 is 21.5 Å². The molecule has 0 radical (unpaired) electrons. The molecule has 0 aliphatic carbocycles. The van der Waals surface area contributed by atoms with Crippen molar-refractivity contribution in [1.29, 1.82) is 0 Å². The first-order valence-electron chi connectivity index (χ1n) is 8.95. The number of carboxylic acids is 1. The molecule has 1 aliphatic rings. The van der Waals surface area contributed by atoms with Gasteiger partial charge in [0.25, 0.3) is 5.56 Å². The molecule has 2 heterocycles. The highest BCUT2D eigenvalue weighted by molar-refractivity contribution is 5.79. The number of benzene rings is 1. The van der Waals surface area contributed by atoms with E-state index in [1.54, 1.807) is 0 Å². The number of halogens is 3. The molecule has 29 heavy (non-hydrogen) atoms. The number of anilines is 3. The molecule has 1 unspecified atom stereocenters. The Hall–Kier alpha value is -3.17. The fourth-order valence-corrected chi connectivity index (χ4v) is 3.28. The molecule has 156 valence electrons. The van der Waals surface area contributed by atoms with Crippen molar-refractivity contribution >= 4 is 23.0 Å². The van der Waals surface area contributed by atoms with E-state index in [1.165, 1.54) is 12.1 Å².